The van der Waals surface area contributed by atoms with Gasteiger partial charge in [-0.05, 0) is 26.7 Å². The Balaban J connectivity index is 3.02. The molecule has 1 aromatic heterocycles. The van der Waals surface area contributed by atoms with Gasteiger partial charge in [0.2, 0.25) is 0 Å². The van der Waals surface area contributed by atoms with Crippen LogP contribution >= 0.6 is 0 Å². The molecule has 0 saturated carbocycles. The van der Waals surface area contributed by atoms with Gasteiger partial charge in [0.25, 0.3) is 5.56 Å². The number of rotatable bonds is 8. The zero-order valence-electron chi connectivity index (χ0n) is 13.3. The summed E-state index contributed by atoms with van der Waals surface area (Å²) in [5.41, 5.74) is -0.169. The standard InChI is InChI=1S/C16H28N2O2/c1-5-7-8-9-11-16(4,10-6-2)18-12-13(3)14(19)17-15(18)20/h12H,5-11H2,1-4H3,(H,17,19,20). The minimum atomic E-state index is -0.285. The number of nitrogens with zero attached hydrogens (tertiary/aromatic N) is 1. The van der Waals surface area contributed by atoms with Gasteiger partial charge in [-0.25, -0.2) is 4.79 Å². The van der Waals surface area contributed by atoms with Crippen LogP contribution in [0.3, 0.4) is 0 Å². The molecule has 1 heterocycles. The highest BCUT2D eigenvalue weighted by Gasteiger charge is 2.26. The van der Waals surface area contributed by atoms with E-state index in [2.05, 4.69) is 25.8 Å². The van der Waals surface area contributed by atoms with Crippen LogP contribution < -0.4 is 11.2 Å². The van der Waals surface area contributed by atoms with Gasteiger partial charge < -0.3 is 0 Å². The molecule has 0 bridgehead atoms. The van der Waals surface area contributed by atoms with Crippen LogP contribution in [0, 0.1) is 6.92 Å². The van der Waals surface area contributed by atoms with Crippen molar-refractivity contribution in [2.45, 2.75) is 78.2 Å². The van der Waals surface area contributed by atoms with Gasteiger partial charge in [-0.1, -0.05) is 46.0 Å². The summed E-state index contributed by atoms with van der Waals surface area (Å²) in [5, 5.41) is 0. The normalized spacial score (nSPS) is 14.2. The summed E-state index contributed by atoms with van der Waals surface area (Å²) in [5.74, 6) is 0. The Morgan fingerprint density at radius 2 is 1.80 bits per heavy atom. The molecule has 0 spiro atoms. The van der Waals surface area contributed by atoms with Crippen molar-refractivity contribution in [2.24, 2.45) is 0 Å². The molecule has 0 amide bonds. The molecule has 0 radical (unpaired) electrons. The number of hydrogen-bond acceptors (Lipinski definition) is 2. The van der Waals surface area contributed by atoms with E-state index in [1.807, 2.05) is 0 Å². The van der Waals surface area contributed by atoms with Gasteiger partial charge >= 0.3 is 5.69 Å². The van der Waals surface area contributed by atoms with Crippen LogP contribution in [-0.2, 0) is 5.54 Å². The van der Waals surface area contributed by atoms with E-state index in [0.717, 1.165) is 25.7 Å². The zero-order valence-corrected chi connectivity index (χ0v) is 13.3. The third-order valence-corrected chi connectivity index (χ3v) is 4.06. The van der Waals surface area contributed by atoms with Crippen molar-refractivity contribution in [3.8, 4) is 0 Å². The summed E-state index contributed by atoms with van der Waals surface area (Å²) < 4.78 is 1.74. The monoisotopic (exact) mass is 280 g/mol. The molecule has 1 N–H and O–H groups in total. The number of nitrogens with one attached hydrogen (secondary N) is 1. The van der Waals surface area contributed by atoms with E-state index in [9.17, 15) is 9.59 Å². The molecule has 1 unspecified atom stereocenters. The molecule has 0 aromatic carbocycles. The van der Waals surface area contributed by atoms with Crippen LogP contribution in [-0.4, -0.2) is 9.55 Å². The predicted octanol–water partition coefficient (Wildman–Crippen LogP) is 3.33. The topological polar surface area (TPSA) is 54.9 Å². The Morgan fingerprint density at radius 1 is 1.10 bits per heavy atom. The lowest BCUT2D eigenvalue weighted by atomic mass is 9.89. The van der Waals surface area contributed by atoms with Gasteiger partial charge in [-0.3, -0.25) is 14.3 Å². The van der Waals surface area contributed by atoms with Crippen LogP contribution in [0.25, 0.3) is 0 Å². The van der Waals surface area contributed by atoms with Gasteiger partial charge in [-0.15, -0.1) is 0 Å². The summed E-state index contributed by atoms with van der Waals surface area (Å²) >= 11 is 0. The molecule has 4 heteroatoms. The summed E-state index contributed by atoms with van der Waals surface area (Å²) in [6, 6.07) is 0. The van der Waals surface area contributed by atoms with Crippen LogP contribution in [0.2, 0.25) is 0 Å². The first kappa shape index (κ1) is 16.7. The quantitative estimate of drug-likeness (QED) is 0.743. The molecular formula is C16H28N2O2. The van der Waals surface area contributed by atoms with E-state index in [-0.39, 0.29) is 16.8 Å². The Hall–Kier alpha value is -1.32. The highest BCUT2D eigenvalue weighted by Crippen LogP contribution is 2.27. The van der Waals surface area contributed by atoms with Crippen molar-refractivity contribution in [3.63, 3.8) is 0 Å². The van der Waals surface area contributed by atoms with Crippen molar-refractivity contribution in [1.29, 1.82) is 0 Å². The van der Waals surface area contributed by atoms with E-state index >= 15 is 0 Å². The molecule has 1 atom stereocenters. The Labute approximate surface area is 121 Å². The number of H-pyrrole nitrogens is 1. The lowest BCUT2D eigenvalue weighted by molar-refractivity contribution is 0.246. The summed E-state index contributed by atoms with van der Waals surface area (Å²) in [6.07, 6.45) is 9.44. The van der Waals surface area contributed by atoms with Crippen molar-refractivity contribution in [1.82, 2.24) is 9.55 Å². The Morgan fingerprint density at radius 3 is 2.40 bits per heavy atom. The maximum Gasteiger partial charge on any atom is 0.328 e. The Bertz CT molecular complexity index is 530. The molecule has 1 rings (SSSR count). The summed E-state index contributed by atoms with van der Waals surface area (Å²) in [6.45, 7) is 8.20. The van der Waals surface area contributed by atoms with E-state index in [0.29, 0.717) is 5.56 Å². The molecule has 0 fully saturated rings. The number of hydrogen-bond donors (Lipinski definition) is 1. The molecule has 1 aromatic rings. The third kappa shape index (κ3) is 4.09. The van der Waals surface area contributed by atoms with Gasteiger partial charge in [-0.2, -0.15) is 0 Å². The van der Waals surface area contributed by atoms with E-state index in [1.54, 1.807) is 17.7 Å². The van der Waals surface area contributed by atoms with E-state index in [4.69, 9.17) is 0 Å². The predicted molar refractivity (Wildman–Crippen MR) is 83.4 cm³/mol. The second kappa shape index (κ2) is 7.46. The first-order valence-electron chi connectivity index (χ1n) is 7.77. The highest BCUT2D eigenvalue weighted by atomic mass is 16.2. The molecule has 114 valence electrons. The highest BCUT2D eigenvalue weighted by molar-refractivity contribution is 5.03. The van der Waals surface area contributed by atoms with E-state index < -0.39 is 0 Å². The van der Waals surface area contributed by atoms with E-state index in [1.165, 1.54) is 19.3 Å². The van der Waals surface area contributed by atoms with Crippen LogP contribution in [0.15, 0.2) is 15.8 Å². The number of aryl methyl sites for hydroxylation is 1. The lowest BCUT2D eigenvalue weighted by Crippen LogP contribution is -2.42. The fourth-order valence-corrected chi connectivity index (χ4v) is 2.80. The molecular weight excluding hydrogens is 252 g/mol. The van der Waals surface area contributed by atoms with Crippen LogP contribution in [0.1, 0.15) is 71.3 Å². The van der Waals surface area contributed by atoms with Crippen molar-refractivity contribution < 1.29 is 0 Å². The fourth-order valence-electron chi connectivity index (χ4n) is 2.80. The molecule has 0 saturated heterocycles. The van der Waals surface area contributed by atoms with Gasteiger partial charge in [0.1, 0.15) is 0 Å². The third-order valence-electron chi connectivity index (χ3n) is 4.06. The molecule has 0 aliphatic rings. The first-order chi connectivity index (χ1) is 9.44. The molecule has 0 aliphatic carbocycles. The smallest absolute Gasteiger partial charge is 0.295 e. The minimum absolute atomic E-state index is 0.200. The fraction of sp³-hybridized carbons (Fsp3) is 0.750. The Kier molecular flexibility index (Phi) is 6.24. The maximum absolute atomic E-state index is 12.1. The zero-order chi connectivity index (χ0) is 15.2. The number of unbranched alkanes of at least 4 members (excludes halogenated alkanes) is 3. The average molecular weight is 280 g/mol. The maximum atomic E-state index is 12.1. The average Bonchev–Trinajstić information content (AvgIpc) is 2.39. The van der Waals surface area contributed by atoms with Gasteiger partial charge in [0.15, 0.2) is 0 Å². The largest absolute Gasteiger partial charge is 0.328 e. The summed E-state index contributed by atoms with van der Waals surface area (Å²) in [4.78, 5) is 26.0. The molecule has 0 aliphatic heterocycles. The SMILES string of the molecule is CCCCCCC(C)(CCC)n1cc(C)c(=O)[nH]c1=O. The minimum Gasteiger partial charge on any atom is -0.295 e. The van der Waals surface area contributed by atoms with Gasteiger partial charge in [0, 0.05) is 17.3 Å². The summed E-state index contributed by atoms with van der Waals surface area (Å²) in [7, 11) is 0. The molecule has 4 nitrogen and oxygen atoms in total. The molecule has 20 heavy (non-hydrogen) atoms. The van der Waals surface area contributed by atoms with Crippen molar-refractivity contribution in [3.05, 3.63) is 32.6 Å². The van der Waals surface area contributed by atoms with Crippen LogP contribution in [0.5, 0.6) is 0 Å². The lowest BCUT2D eigenvalue weighted by Gasteiger charge is -2.32. The van der Waals surface area contributed by atoms with Crippen molar-refractivity contribution >= 4 is 0 Å². The van der Waals surface area contributed by atoms with Crippen molar-refractivity contribution in [2.75, 3.05) is 0 Å². The van der Waals surface area contributed by atoms with Gasteiger partial charge in [0.05, 0.1) is 0 Å². The second-order valence-corrected chi connectivity index (χ2v) is 6.00. The number of aromatic nitrogens is 2. The first-order valence-corrected chi connectivity index (χ1v) is 7.77. The second-order valence-electron chi connectivity index (χ2n) is 6.00. The number of aromatic amines is 1. The van der Waals surface area contributed by atoms with Crippen LogP contribution in [0.4, 0.5) is 0 Å².